The fraction of sp³-hybridized carbons (Fsp3) is 0.571. The standard InChI is InChI=1S/C21H32N2O/c1-21(2)11-9-17(10-12-21)19-15-16(7-8-20(19)22)14-18(24)6-5-13-23(3)4/h7-9,15H,5-6,10-14,22H2,1-4H3. The Balaban J connectivity index is 2.03. The third kappa shape index (κ3) is 5.48. The molecule has 0 atom stereocenters. The van der Waals surface area contributed by atoms with Gasteiger partial charge in [-0.15, -0.1) is 0 Å². The minimum atomic E-state index is 0.311. The summed E-state index contributed by atoms with van der Waals surface area (Å²) in [5.41, 5.74) is 11.0. The smallest absolute Gasteiger partial charge is 0.137 e. The first-order valence-corrected chi connectivity index (χ1v) is 9.01. The molecule has 0 aliphatic heterocycles. The van der Waals surface area contributed by atoms with Crippen LogP contribution in [-0.4, -0.2) is 31.3 Å². The lowest BCUT2D eigenvalue weighted by Gasteiger charge is -2.29. The topological polar surface area (TPSA) is 46.3 Å². The third-order valence-electron chi connectivity index (χ3n) is 4.90. The molecule has 3 heteroatoms. The highest BCUT2D eigenvalue weighted by atomic mass is 16.1. The Hall–Kier alpha value is -1.61. The highest BCUT2D eigenvalue weighted by molar-refractivity contribution is 5.82. The second-order valence-electron chi connectivity index (χ2n) is 8.14. The zero-order valence-corrected chi connectivity index (χ0v) is 15.7. The first kappa shape index (κ1) is 18.7. The van der Waals surface area contributed by atoms with Crippen LogP contribution in [0.1, 0.15) is 57.1 Å². The fourth-order valence-corrected chi connectivity index (χ4v) is 3.22. The number of carbonyl (C=O) groups excluding carboxylic acids is 1. The first-order valence-electron chi connectivity index (χ1n) is 9.01. The lowest BCUT2D eigenvalue weighted by molar-refractivity contribution is -0.118. The first-order chi connectivity index (χ1) is 11.3. The maximum absolute atomic E-state index is 12.2. The molecule has 132 valence electrons. The number of anilines is 1. The van der Waals surface area contributed by atoms with Crippen molar-refractivity contribution in [2.75, 3.05) is 26.4 Å². The normalized spacial score (nSPS) is 17.0. The monoisotopic (exact) mass is 328 g/mol. The number of nitrogens with two attached hydrogens (primary N) is 1. The van der Waals surface area contributed by atoms with Crippen molar-refractivity contribution in [3.05, 3.63) is 35.4 Å². The molecular formula is C21H32N2O. The van der Waals surface area contributed by atoms with Gasteiger partial charge in [0.2, 0.25) is 0 Å². The number of nitrogen functional groups attached to an aromatic ring is 1. The van der Waals surface area contributed by atoms with Crippen LogP contribution in [0.5, 0.6) is 0 Å². The molecule has 1 aliphatic rings. The molecule has 24 heavy (non-hydrogen) atoms. The Labute approximate surface area is 146 Å². The van der Waals surface area contributed by atoms with Gasteiger partial charge in [0.05, 0.1) is 0 Å². The van der Waals surface area contributed by atoms with Crippen LogP contribution in [-0.2, 0) is 11.2 Å². The molecule has 1 aliphatic carbocycles. The van der Waals surface area contributed by atoms with E-state index in [9.17, 15) is 4.79 Å². The van der Waals surface area contributed by atoms with Crippen LogP contribution >= 0.6 is 0 Å². The van der Waals surface area contributed by atoms with E-state index < -0.39 is 0 Å². The summed E-state index contributed by atoms with van der Waals surface area (Å²) in [6, 6.07) is 6.08. The summed E-state index contributed by atoms with van der Waals surface area (Å²) in [6.07, 6.45) is 7.76. The molecule has 0 saturated heterocycles. The van der Waals surface area contributed by atoms with Crippen molar-refractivity contribution < 1.29 is 4.79 Å². The number of allylic oxidation sites excluding steroid dienone is 2. The van der Waals surface area contributed by atoms with Gasteiger partial charge in [-0.25, -0.2) is 0 Å². The fourth-order valence-electron chi connectivity index (χ4n) is 3.22. The van der Waals surface area contributed by atoms with E-state index >= 15 is 0 Å². The van der Waals surface area contributed by atoms with Crippen LogP contribution in [0.4, 0.5) is 5.69 Å². The van der Waals surface area contributed by atoms with Gasteiger partial charge < -0.3 is 10.6 Å². The molecule has 0 aromatic heterocycles. The highest BCUT2D eigenvalue weighted by Crippen LogP contribution is 2.39. The Morgan fingerprint density at radius 1 is 1.29 bits per heavy atom. The molecule has 0 spiro atoms. The molecule has 1 aromatic rings. The van der Waals surface area contributed by atoms with Gasteiger partial charge in [-0.2, -0.15) is 0 Å². The predicted molar refractivity (Wildman–Crippen MR) is 103 cm³/mol. The number of hydrogen-bond acceptors (Lipinski definition) is 3. The highest BCUT2D eigenvalue weighted by Gasteiger charge is 2.22. The lowest BCUT2D eigenvalue weighted by Crippen LogP contribution is -2.15. The van der Waals surface area contributed by atoms with Crippen LogP contribution in [0.2, 0.25) is 0 Å². The van der Waals surface area contributed by atoms with Gasteiger partial charge in [0.1, 0.15) is 5.78 Å². The van der Waals surface area contributed by atoms with Crippen LogP contribution in [0.25, 0.3) is 5.57 Å². The van der Waals surface area contributed by atoms with Gasteiger partial charge in [-0.3, -0.25) is 4.79 Å². The molecule has 0 bridgehead atoms. The van der Waals surface area contributed by atoms with E-state index in [2.05, 4.69) is 30.9 Å². The molecule has 0 amide bonds. The van der Waals surface area contributed by atoms with Crippen molar-refractivity contribution in [3.63, 3.8) is 0 Å². The molecule has 0 fully saturated rings. The summed E-state index contributed by atoms with van der Waals surface area (Å²) < 4.78 is 0. The Kier molecular flexibility index (Phi) is 6.22. The average Bonchev–Trinajstić information content (AvgIpc) is 2.49. The SMILES string of the molecule is CN(C)CCCC(=O)Cc1ccc(N)c(C2=CCC(C)(C)CC2)c1. The number of rotatable bonds is 7. The van der Waals surface area contributed by atoms with Crippen molar-refractivity contribution in [3.8, 4) is 0 Å². The molecule has 0 radical (unpaired) electrons. The van der Waals surface area contributed by atoms with Crippen LogP contribution in [0.3, 0.4) is 0 Å². The van der Waals surface area contributed by atoms with Gasteiger partial charge in [0, 0.05) is 24.1 Å². The summed E-state index contributed by atoms with van der Waals surface area (Å²) in [6.45, 7) is 5.58. The van der Waals surface area contributed by atoms with Crippen LogP contribution in [0, 0.1) is 5.41 Å². The van der Waals surface area contributed by atoms with Crippen molar-refractivity contribution in [2.24, 2.45) is 5.41 Å². The van der Waals surface area contributed by atoms with E-state index in [1.807, 2.05) is 26.2 Å². The predicted octanol–water partition coefficient (Wildman–Crippen LogP) is 4.32. The second-order valence-corrected chi connectivity index (χ2v) is 8.14. The third-order valence-corrected chi connectivity index (χ3v) is 4.90. The number of hydrogen-bond donors (Lipinski definition) is 1. The average molecular weight is 329 g/mol. The van der Waals surface area contributed by atoms with E-state index in [4.69, 9.17) is 5.73 Å². The summed E-state index contributed by atoms with van der Waals surface area (Å²) in [5, 5.41) is 0. The van der Waals surface area contributed by atoms with E-state index in [1.165, 1.54) is 12.0 Å². The maximum Gasteiger partial charge on any atom is 0.137 e. The summed E-state index contributed by atoms with van der Waals surface area (Å²) in [4.78, 5) is 14.3. The second kappa shape index (κ2) is 7.98. The van der Waals surface area contributed by atoms with E-state index in [1.54, 1.807) is 0 Å². The maximum atomic E-state index is 12.2. The van der Waals surface area contributed by atoms with E-state index in [-0.39, 0.29) is 0 Å². The summed E-state index contributed by atoms with van der Waals surface area (Å²) >= 11 is 0. The minimum Gasteiger partial charge on any atom is -0.398 e. The number of benzene rings is 1. The number of nitrogens with zero attached hydrogens (tertiary/aromatic N) is 1. The molecule has 0 unspecified atom stereocenters. The van der Waals surface area contributed by atoms with Gasteiger partial charge in [-0.05, 0) is 75.0 Å². The largest absolute Gasteiger partial charge is 0.398 e. The lowest BCUT2D eigenvalue weighted by atomic mass is 9.76. The van der Waals surface area contributed by atoms with Crippen LogP contribution < -0.4 is 5.73 Å². The van der Waals surface area contributed by atoms with Gasteiger partial charge >= 0.3 is 0 Å². The molecule has 1 aromatic carbocycles. The number of carbonyl (C=O) groups is 1. The number of ketones is 1. The quantitative estimate of drug-likeness (QED) is 0.758. The zero-order chi connectivity index (χ0) is 17.7. The van der Waals surface area contributed by atoms with Crippen molar-refractivity contribution in [1.82, 2.24) is 4.90 Å². The Bertz CT molecular complexity index is 614. The van der Waals surface area contributed by atoms with Gasteiger partial charge in [0.25, 0.3) is 0 Å². The van der Waals surface area contributed by atoms with E-state index in [0.717, 1.165) is 42.6 Å². The van der Waals surface area contributed by atoms with Crippen molar-refractivity contribution in [1.29, 1.82) is 0 Å². The molecule has 2 N–H and O–H groups in total. The van der Waals surface area contributed by atoms with Crippen LogP contribution in [0.15, 0.2) is 24.3 Å². The van der Waals surface area contributed by atoms with E-state index in [0.29, 0.717) is 24.0 Å². The number of Topliss-reactive ketones (excluding diaryl/α,β-unsaturated/α-hetero) is 1. The van der Waals surface area contributed by atoms with Crippen molar-refractivity contribution in [2.45, 2.75) is 52.4 Å². The van der Waals surface area contributed by atoms with Crippen molar-refractivity contribution >= 4 is 17.0 Å². The van der Waals surface area contributed by atoms with Gasteiger partial charge in [-0.1, -0.05) is 26.0 Å². The molecular weight excluding hydrogens is 296 g/mol. The Morgan fingerprint density at radius 2 is 2.04 bits per heavy atom. The van der Waals surface area contributed by atoms with Gasteiger partial charge in [0.15, 0.2) is 0 Å². The Morgan fingerprint density at radius 3 is 2.67 bits per heavy atom. The molecule has 0 heterocycles. The minimum absolute atomic E-state index is 0.311. The molecule has 2 rings (SSSR count). The molecule has 3 nitrogen and oxygen atoms in total. The summed E-state index contributed by atoms with van der Waals surface area (Å²) in [5.74, 6) is 0.311. The zero-order valence-electron chi connectivity index (χ0n) is 15.7. The molecule has 0 saturated carbocycles. The summed E-state index contributed by atoms with van der Waals surface area (Å²) in [7, 11) is 4.08.